The Morgan fingerprint density at radius 1 is 1.25 bits per heavy atom. The van der Waals surface area contributed by atoms with Gasteiger partial charge in [-0.1, -0.05) is 23.2 Å². The number of amides is 2. The molecule has 1 saturated heterocycles. The zero-order chi connectivity index (χ0) is 15.0. The first-order valence-electron chi connectivity index (χ1n) is 5.76. The van der Waals surface area contributed by atoms with E-state index in [-0.39, 0.29) is 33.0 Å². The minimum atomic E-state index is -0.338. The summed E-state index contributed by atoms with van der Waals surface area (Å²) in [7, 11) is 0. The van der Waals surface area contributed by atoms with Crippen molar-refractivity contribution in [3.63, 3.8) is 0 Å². The van der Waals surface area contributed by atoms with Crippen molar-refractivity contribution in [3.05, 3.63) is 32.6 Å². The number of carbonyl (C=O) groups excluding carboxylic acids is 2. The Labute approximate surface area is 130 Å². The van der Waals surface area contributed by atoms with Gasteiger partial charge < -0.3 is 5.11 Å². The minimum absolute atomic E-state index is 0.0897. The average Bonchev–Trinajstić information content (AvgIpc) is 2.61. The molecule has 1 heterocycles. The van der Waals surface area contributed by atoms with Gasteiger partial charge in [-0.15, -0.1) is 0 Å². The fourth-order valence-corrected chi connectivity index (χ4v) is 3.21. The summed E-state index contributed by atoms with van der Waals surface area (Å²) in [4.78, 5) is 25.4. The highest BCUT2D eigenvalue weighted by atomic mass is 35.5. The third-order valence-electron chi connectivity index (χ3n) is 2.68. The predicted molar refractivity (Wildman–Crippen MR) is 81.1 cm³/mol. The minimum Gasteiger partial charge on any atom is -0.505 e. The van der Waals surface area contributed by atoms with Crippen molar-refractivity contribution in [3.8, 4) is 5.75 Å². The van der Waals surface area contributed by atoms with Crippen molar-refractivity contribution in [1.82, 2.24) is 4.90 Å². The molecule has 0 aromatic heterocycles. The highest BCUT2D eigenvalue weighted by Gasteiger charge is 2.36. The quantitative estimate of drug-likeness (QED) is 0.827. The summed E-state index contributed by atoms with van der Waals surface area (Å²) in [5, 5.41) is 9.36. The zero-order valence-corrected chi connectivity index (χ0v) is 13.0. The molecular weight excluding hydrogens is 321 g/mol. The summed E-state index contributed by atoms with van der Waals surface area (Å²) in [5.41, 5.74) is 0.548. The fraction of sp³-hybridized carbons (Fsp3) is 0.231. The van der Waals surface area contributed by atoms with Crippen LogP contribution >= 0.6 is 35.0 Å². The van der Waals surface area contributed by atoms with Crippen molar-refractivity contribution in [2.24, 2.45) is 0 Å². The predicted octanol–water partition coefficient (Wildman–Crippen LogP) is 4.14. The number of aromatic hydroxyl groups is 1. The Morgan fingerprint density at radius 2 is 1.80 bits per heavy atom. The van der Waals surface area contributed by atoms with Crippen LogP contribution in [-0.4, -0.2) is 27.2 Å². The van der Waals surface area contributed by atoms with Gasteiger partial charge in [-0.25, -0.2) is 0 Å². The summed E-state index contributed by atoms with van der Waals surface area (Å²) >= 11 is 12.5. The molecule has 0 spiro atoms. The molecule has 2 amide bonds. The molecule has 1 aliphatic heterocycles. The number of phenolic OH excluding ortho intramolecular Hbond substituents is 1. The van der Waals surface area contributed by atoms with Crippen LogP contribution in [-0.2, 0) is 4.79 Å². The number of thioether (sulfide) groups is 1. The Bertz CT molecular complexity index is 605. The van der Waals surface area contributed by atoms with Gasteiger partial charge in [0.1, 0.15) is 0 Å². The van der Waals surface area contributed by atoms with Gasteiger partial charge in [-0.3, -0.25) is 14.5 Å². The number of hydrogen-bond donors (Lipinski definition) is 1. The van der Waals surface area contributed by atoms with E-state index in [0.717, 1.165) is 11.8 Å². The van der Waals surface area contributed by atoms with Crippen molar-refractivity contribution >= 4 is 52.2 Å². The van der Waals surface area contributed by atoms with Crippen LogP contribution in [0.3, 0.4) is 0 Å². The van der Waals surface area contributed by atoms with Crippen molar-refractivity contribution in [2.45, 2.75) is 19.9 Å². The molecule has 1 aromatic carbocycles. The second kappa shape index (κ2) is 5.68. The van der Waals surface area contributed by atoms with Crippen LogP contribution in [0.1, 0.15) is 19.4 Å². The van der Waals surface area contributed by atoms with Crippen LogP contribution in [0.15, 0.2) is 17.0 Å². The lowest BCUT2D eigenvalue weighted by molar-refractivity contribution is -0.123. The average molecular weight is 332 g/mol. The van der Waals surface area contributed by atoms with Crippen LogP contribution in [0, 0.1) is 0 Å². The molecule has 4 nitrogen and oxygen atoms in total. The summed E-state index contributed by atoms with van der Waals surface area (Å²) in [5.74, 6) is -0.545. The highest BCUT2D eigenvalue weighted by molar-refractivity contribution is 8.18. The van der Waals surface area contributed by atoms with E-state index in [9.17, 15) is 14.7 Å². The van der Waals surface area contributed by atoms with E-state index in [1.807, 2.05) is 0 Å². The largest absolute Gasteiger partial charge is 0.505 e. The topological polar surface area (TPSA) is 57.6 Å². The lowest BCUT2D eigenvalue weighted by Crippen LogP contribution is -2.34. The lowest BCUT2D eigenvalue weighted by atomic mass is 10.2. The van der Waals surface area contributed by atoms with Gasteiger partial charge >= 0.3 is 0 Å². The second-order valence-electron chi connectivity index (χ2n) is 4.48. The number of nitrogens with zero attached hydrogens (tertiary/aromatic N) is 1. The number of carbonyl (C=O) groups is 2. The molecule has 1 fully saturated rings. The number of imide groups is 1. The van der Waals surface area contributed by atoms with E-state index in [0.29, 0.717) is 10.5 Å². The Morgan fingerprint density at radius 3 is 2.25 bits per heavy atom. The molecule has 7 heteroatoms. The van der Waals surface area contributed by atoms with Crippen LogP contribution in [0.2, 0.25) is 10.0 Å². The zero-order valence-electron chi connectivity index (χ0n) is 10.7. The number of rotatable bonds is 2. The van der Waals surface area contributed by atoms with E-state index >= 15 is 0 Å². The summed E-state index contributed by atoms with van der Waals surface area (Å²) in [6.45, 7) is 3.54. The number of phenols is 1. The molecule has 1 aromatic rings. The van der Waals surface area contributed by atoms with Crippen LogP contribution in [0.4, 0.5) is 4.79 Å². The van der Waals surface area contributed by atoms with E-state index in [2.05, 4.69) is 0 Å². The second-order valence-corrected chi connectivity index (χ2v) is 6.29. The first-order chi connectivity index (χ1) is 9.31. The number of benzene rings is 1. The maximum absolute atomic E-state index is 12.1. The van der Waals surface area contributed by atoms with Crippen LogP contribution < -0.4 is 0 Å². The van der Waals surface area contributed by atoms with Crippen molar-refractivity contribution < 1.29 is 14.7 Å². The standard InChI is InChI=1S/C13H11Cl2NO3S/c1-6(2)16-12(18)10(20-13(16)19)5-7-3-8(14)11(17)9(15)4-7/h3-6,17H,1-2H3. The van der Waals surface area contributed by atoms with Gasteiger partial charge in [-0.2, -0.15) is 0 Å². The van der Waals surface area contributed by atoms with E-state index in [4.69, 9.17) is 23.2 Å². The van der Waals surface area contributed by atoms with Gasteiger partial charge in [0.15, 0.2) is 5.75 Å². The fourth-order valence-electron chi connectivity index (χ4n) is 1.74. The summed E-state index contributed by atoms with van der Waals surface area (Å²) < 4.78 is 0. The Kier molecular flexibility index (Phi) is 4.32. The van der Waals surface area contributed by atoms with E-state index in [1.165, 1.54) is 23.1 Å². The van der Waals surface area contributed by atoms with E-state index < -0.39 is 0 Å². The molecule has 0 atom stereocenters. The summed E-state index contributed by atoms with van der Waals surface area (Å²) in [6.07, 6.45) is 1.53. The maximum Gasteiger partial charge on any atom is 0.293 e. The molecule has 1 N–H and O–H groups in total. The Hall–Kier alpha value is -1.17. The van der Waals surface area contributed by atoms with Gasteiger partial charge in [0.2, 0.25) is 0 Å². The number of hydrogen-bond acceptors (Lipinski definition) is 4. The van der Waals surface area contributed by atoms with Crippen LogP contribution in [0.5, 0.6) is 5.75 Å². The van der Waals surface area contributed by atoms with Gasteiger partial charge in [-0.05, 0) is 49.4 Å². The van der Waals surface area contributed by atoms with E-state index in [1.54, 1.807) is 13.8 Å². The van der Waals surface area contributed by atoms with Gasteiger partial charge in [0.25, 0.3) is 11.1 Å². The molecule has 106 valence electrons. The molecule has 20 heavy (non-hydrogen) atoms. The van der Waals surface area contributed by atoms with Crippen molar-refractivity contribution in [2.75, 3.05) is 0 Å². The molecule has 2 rings (SSSR count). The number of halogens is 2. The molecule has 0 radical (unpaired) electrons. The summed E-state index contributed by atoms with van der Waals surface area (Å²) in [6, 6.07) is 2.76. The smallest absolute Gasteiger partial charge is 0.293 e. The molecular formula is C13H11Cl2NO3S. The molecule has 1 aliphatic rings. The highest BCUT2D eigenvalue weighted by Crippen LogP contribution is 2.37. The van der Waals surface area contributed by atoms with Crippen molar-refractivity contribution in [1.29, 1.82) is 0 Å². The normalized spacial score (nSPS) is 17.6. The first kappa shape index (κ1) is 15.2. The molecule has 0 unspecified atom stereocenters. The van der Waals surface area contributed by atoms with Gasteiger partial charge in [0.05, 0.1) is 15.0 Å². The Balaban J connectivity index is 2.38. The molecule has 0 bridgehead atoms. The third kappa shape index (κ3) is 2.80. The monoisotopic (exact) mass is 331 g/mol. The molecule has 0 saturated carbocycles. The maximum atomic E-state index is 12.1. The SMILES string of the molecule is CC(C)N1C(=O)SC(=Cc2cc(Cl)c(O)c(Cl)c2)C1=O. The molecule has 0 aliphatic carbocycles. The lowest BCUT2D eigenvalue weighted by Gasteiger charge is -2.16. The van der Waals surface area contributed by atoms with Gasteiger partial charge in [0, 0.05) is 6.04 Å². The van der Waals surface area contributed by atoms with Crippen LogP contribution in [0.25, 0.3) is 6.08 Å². The third-order valence-corrected chi connectivity index (χ3v) is 4.14. The first-order valence-corrected chi connectivity index (χ1v) is 7.33.